The zero-order valence-corrected chi connectivity index (χ0v) is 12.5. The second-order valence-electron chi connectivity index (χ2n) is 4.95. The Morgan fingerprint density at radius 1 is 0.913 bits per heavy atom. The molecular formula is C17H16F2N2O2. The zero-order chi connectivity index (χ0) is 16.8. The van der Waals surface area contributed by atoms with Gasteiger partial charge in [-0.2, -0.15) is 0 Å². The SMILES string of the molecule is Cc1ccccc1C(=O)NCCNC(=O)c1ccc(F)cc1F. The summed E-state index contributed by atoms with van der Waals surface area (Å²) in [5, 5.41) is 5.13. The highest BCUT2D eigenvalue weighted by Crippen LogP contribution is 2.09. The summed E-state index contributed by atoms with van der Waals surface area (Å²) < 4.78 is 26.2. The topological polar surface area (TPSA) is 58.2 Å². The van der Waals surface area contributed by atoms with E-state index in [1.807, 2.05) is 19.1 Å². The monoisotopic (exact) mass is 318 g/mol. The first kappa shape index (κ1) is 16.6. The van der Waals surface area contributed by atoms with Crippen LogP contribution in [0.1, 0.15) is 26.3 Å². The molecule has 0 spiro atoms. The normalized spacial score (nSPS) is 10.2. The van der Waals surface area contributed by atoms with Crippen molar-refractivity contribution in [3.05, 3.63) is 70.8 Å². The van der Waals surface area contributed by atoms with Gasteiger partial charge in [0.2, 0.25) is 0 Å². The number of rotatable bonds is 5. The van der Waals surface area contributed by atoms with Gasteiger partial charge in [-0.25, -0.2) is 8.78 Å². The van der Waals surface area contributed by atoms with Crippen LogP contribution in [0.25, 0.3) is 0 Å². The molecule has 2 rings (SSSR count). The fourth-order valence-electron chi connectivity index (χ4n) is 2.04. The van der Waals surface area contributed by atoms with Gasteiger partial charge in [0.1, 0.15) is 11.6 Å². The van der Waals surface area contributed by atoms with Crippen molar-refractivity contribution in [3.8, 4) is 0 Å². The molecule has 2 aromatic rings. The number of benzene rings is 2. The molecule has 23 heavy (non-hydrogen) atoms. The number of amides is 2. The molecule has 0 bridgehead atoms. The molecule has 0 fully saturated rings. The van der Waals surface area contributed by atoms with E-state index in [2.05, 4.69) is 10.6 Å². The van der Waals surface area contributed by atoms with Crippen molar-refractivity contribution < 1.29 is 18.4 Å². The highest BCUT2D eigenvalue weighted by Gasteiger charge is 2.12. The smallest absolute Gasteiger partial charge is 0.254 e. The molecule has 0 aliphatic heterocycles. The molecule has 0 unspecified atom stereocenters. The molecule has 6 heteroatoms. The summed E-state index contributed by atoms with van der Waals surface area (Å²) in [6.45, 7) is 2.16. The third-order valence-corrected chi connectivity index (χ3v) is 3.26. The number of hydrogen-bond acceptors (Lipinski definition) is 2. The van der Waals surface area contributed by atoms with Gasteiger partial charge in [0.15, 0.2) is 0 Å². The van der Waals surface area contributed by atoms with Crippen LogP contribution in [0.3, 0.4) is 0 Å². The van der Waals surface area contributed by atoms with Crippen LogP contribution in [0, 0.1) is 18.6 Å². The van der Waals surface area contributed by atoms with Crippen LogP contribution in [0.4, 0.5) is 8.78 Å². The van der Waals surface area contributed by atoms with Gasteiger partial charge in [-0.3, -0.25) is 9.59 Å². The van der Waals surface area contributed by atoms with Crippen molar-refractivity contribution in [2.75, 3.05) is 13.1 Å². The molecule has 0 aromatic heterocycles. The molecular weight excluding hydrogens is 302 g/mol. The van der Waals surface area contributed by atoms with Crippen molar-refractivity contribution in [2.45, 2.75) is 6.92 Å². The Morgan fingerprint density at radius 2 is 1.52 bits per heavy atom. The molecule has 0 aliphatic rings. The molecule has 0 saturated heterocycles. The van der Waals surface area contributed by atoms with Gasteiger partial charge in [0.25, 0.3) is 11.8 Å². The highest BCUT2D eigenvalue weighted by atomic mass is 19.1. The van der Waals surface area contributed by atoms with Gasteiger partial charge >= 0.3 is 0 Å². The van der Waals surface area contributed by atoms with Crippen molar-refractivity contribution in [1.29, 1.82) is 0 Å². The lowest BCUT2D eigenvalue weighted by Gasteiger charge is -2.09. The Morgan fingerprint density at radius 3 is 2.13 bits per heavy atom. The van der Waals surface area contributed by atoms with Crippen LogP contribution < -0.4 is 10.6 Å². The van der Waals surface area contributed by atoms with Crippen molar-refractivity contribution in [2.24, 2.45) is 0 Å². The summed E-state index contributed by atoms with van der Waals surface area (Å²) in [5.74, 6) is -2.58. The number of carbonyl (C=O) groups excluding carboxylic acids is 2. The molecule has 2 aromatic carbocycles. The fraction of sp³-hybridized carbons (Fsp3) is 0.176. The Kier molecular flexibility index (Phi) is 5.41. The first-order valence-electron chi connectivity index (χ1n) is 7.06. The van der Waals surface area contributed by atoms with Gasteiger partial charge in [0, 0.05) is 24.7 Å². The minimum Gasteiger partial charge on any atom is -0.350 e. The maximum absolute atomic E-state index is 13.4. The Labute approximate surface area is 132 Å². The summed E-state index contributed by atoms with van der Waals surface area (Å²) in [4.78, 5) is 23.7. The van der Waals surface area contributed by atoms with Gasteiger partial charge in [-0.05, 0) is 30.7 Å². The van der Waals surface area contributed by atoms with Crippen LogP contribution in [0.2, 0.25) is 0 Å². The van der Waals surface area contributed by atoms with E-state index in [-0.39, 0.29) is 24.6 Å². The van der Waals surface area contributed by atoms with Crippen LogP contribution in [0.5, 0.6) is 0 Å². The van der Waals surface area contributed by atoms with Crippen molar-refractivity contribution >= 4 is 11.8 Å². The highest BCUT2D eigenvalue weighted by molar-refractivity contribution is 5.96. The minimum absolute atomic E-state index is 0.132. The van der Waals surface area contributed by atoms with Crippen LogP contribution in [-0.2, 0) is 0 Å². The second kappa shape index (κ2) is 7.49. The Hall–Kier alpha value is -2.76. The number of halogens is 2. The first-order valence-corrected chi connectivity index (χ1v) is 7.06. The van der Waals surface area contributed by atoms with E-state index >= 15 is 0 Å². The predicted molar refractivity (Wildman–Crippen MR) is 82.2 cm³/mol. The van der Waals surface area contributed by atoms with Gasteiger partial charge in [-0.15, -0.1) is 0 Å². The van der Waals surface area contributed by atoms with Crippen molar-refractivity contribution in [1.82, 2.24) is 10.6 Å². The van der Waals surface area contributed by atoms with E-state index in [1.54, 1.807) is 12.1 Å². The maximum Gasteiger partial charge on any atom is 0.254 e. The summed E-state index contributed by atoms with van der Waals surface area (Å²) in [5.41, 5.74) is 1.17. The lowest BCUT2D eigenvalue weighted by molar-refractivity contribution is 0.0925. The van der Waals surface area contributed by atoms with E-state index in [9.17, 15) is 18.4 Å². The molecule has 0 atom stereocenters. The number of nitrogens with one attached hydrogen (secondary N) is 2. The summed E-state index contributed by atoms with van der Waals surface area (Å²) in [6, 6.07) is 9.87. The average Bonchev–Trinajstić information content (AvgIpc) is 2.51. The van der Waals surface area contributed by atoms with Crippen LogP contribution in [-0.4, -0.2) is 24.9 Å². The van der Waals surface area contributed by atoms with E-state index in [4.69, 9.17) is 0 Å². The van der Waals surface area contributed by atoms with Crippen LogP contribution in [0.15, 0.2) is 42.5 Å². The zero-order valence-electron chi connectivity index (χ0n) is 12.5. The standard InChI is InChI=1S/C17H16F2N2O2/c1-11-4-2-3-5-13(11)16(22)20-8-9-21-17(23)14-7-6-12(18)10-15(14)19/h2-7,10H,8-9H2,1H3,(H,20,22)(H,21,23). The van der Waals surface area contributed by atoms with E-state index in [0.717, 1.165) is 17.7 Å². The summed E-state index contributed by atoms with van der Waals surface area (Å²) >= 11 is 0. The van der Waals surface area contributed by atoms with Crippen molar-refractivity contribution in [3.63, 3.8) is 0 Å². The Balaban J connectivity index is 1.82. The quantitative estimate of drug-likeness (QED) is 0.832. The summed E-state index contributed by atoms with van der Waals surface area (Å²) in [6.07, 6.45) is 0. The summed E-state index contributed by atoms with van der Waals surface area (Å²) in [7, 11) is 0. The molecule has 120 valence electrons. The fourth-order valence-corrected chi connectivity index (χ4v) is 2.04. The van der Waals surface area contributed by atoms with Gasteiger partial charge < -0.3 is 10.6 Å². The molecule has 4 nitrogen and oxygen atoms in total. The van der Waals surface area contributed by atoms with E-state index in [1.165, 1.54) is 0 Å². The lowest BCUT2D eigenvalue weighted by atomic mass is 10.1. The second-order valence-corrected chi connectivity index (χ2v) is 4.95. The molecule has 0 radical (unpaired) electrons. The first-order chi connectivity index (χ1) is 11.0. The third-order valence-electron chi connectivity index (χ3n) is 3.26. The van der Waals surface area contributed by atoms with Crippen LogP contribution >= 0.6 is 0 Å². The molecule has 2 N–H and O–H groups in total. The third kappa shape index (κ3) is 4.35. The molecule has 0 aliphatic carbocycles. The molecule has 2 amide bonds. The molecule has 0 heterocycles. The lowest BCUT2D eigenvalue weighted by Crippen LogP contribution is -2.35. The largest absolute Gasteiger partial charge is 0.350 e. The Bertz CT molecular complexity index is 732. The van der Waals surface area contributed by atoms with E-state index in [0.29, 0.717) is 11.6 Å². The van der Waals surface area contributed by atoms with E-state index < -0.39 is 17.5 Å². The predicted octanol–water partition coefficient (Wildman–Crippen LogP) is 2.43. The molecule has 0 saturated carbocycles. The number of aryl methyl sites for hydroxylation is 1. The minimum atomic E-state index is -0.925. The number of carbonyl (C=O) groups is 2. The van der Waals surface area contributed by atoms with Gasteiger partial charge in [-0.1, -0.05) is 18.2 Å². The number of hydrogen-bond donors (Lipinski definition) is 2. The average molecular weight is 318 g/mol. The maximum atomic E-state index is 13.4. The van der Waals surface area contributed by atoms with Gasteiger partial charge in [0.05, 0.1) is 5.56 Å².